The third-order valence-electron chi connectivity index (χ3n) is 4.94. The maximum absolute atomic E-state index is 12.2. The molecule has 1 aromatic rings. The van der Waals surface area contributed by atoms with Crippen molar-refractivity contribution in [2.24, 2.45) is 5.92 Å². The first-order chi connectivity index (χ1) is 13.5. The molecule has 1 amide bonds. The van der Waals surface area contributed by atoms with E-state index in [2.05, 4.69) is 6.92 Å². The summed E-state index contributed by atoms with van der Waals surface area (Å²) in [7, 11) is 1.67. The molecule has 0 aliphatic carbocycles. The standard InChI is InChI=1S/C22H35NO6/c1-16(13-27-5)14-28-15-17-6-8-18(9-7-17)22(26)10-11-23(12-19(22)24)20(25)29-21(2,3)4/h6-9,16,19,24,26H,10-15H2,1-5H3/t16-,19-,22-/m0/s1. The van der Waals surface area contributed by atoms with Gasteiger partial charge in [-0.05, 0) is 31.9 Å². The molecule has 7 heteroatoms. The zero-order chi connectivity index (χ0) is 21.7. The summed E-state index contributed by atoms with van der Waals surface area (Å²) in [6.07, 6.45) is -1.34. The summed E-state index contributed by atoms with van der Waals surface area (Å²) in [5, 5.41) is 21.7. The number of likely N-dealkylation sites (tertiary alicyclic amines) is 1. The summed E-state index contributed by atoms with van der Waals surface area (Å²) in [6, 6.07) is 7.40. The van der Waals surface area contributed by atoms with Crippen molar-refractivity contribution in [1.82, 2.24) is 4.90 Å². The molecular weight excluding hydrogens is 374 g/mol. The molecule has 29 heavy (non-hydrogen) atoms. The number of ether oxygens (including phenoxy) is 3. The van der Waals surface area contributed by atoms with Gasteiger partial charge in [-0.1, -0.05) is 31.2 Å². The van der Waals surface area contributed by atoms with Crippen LogP contribution in [0.2, 0.25) is 0 Å². The first-order valence-corrected chi connectivity index (χ1v) is 10.1. The number of β-amino-alcohol motifs (C(OH)–C–C–N with tert-alkyl or cyclic N) is 1. The average molecular weight is 410 g/mol. The minimum absolute atomic E-state index is 0.0215. The molecule has 0 spiro atoms. The van der Waals surface area contributed by atoms with E-state index in [4.69, 9.17) is 14.2 Å². The highest BCUT2D eigenvalue weighted by Crippen LogP contribution is 2.34. The number of carbonyl (C=O) groups excluding carboxylic acids is 1. The zero-order valence-corrected chi connectivity index (χ0v) is 18.2. The maximum Gasteiger partial charge on any atom is 0.410 e. The van der Waals surface area contributed by atoms with E-state index < -0.39 is 23.4 Å². The first-order valence-electron chi connectivity index (χ1n) is 10.1. The summed E-state index contributed by atoms with van der Waals surface area (Å²) in [5.74, 6) is 0.324. The molecule has 1 aromatic carbocycles. The van der Waals surface area contributed by atoms with Crippen molar-refractivity contribution in [1.29, 1.82) is 0 Å². The zero-order valence-electron chi connectivity index (χ0n) is 18.2. The lowest BCUT2D eigenvalue weighted by Crippen LogP contribution is -2.55. The Labute approximate surface area is 173 Å². The second-order valence-electron chi connectivity index (χ2n) is 8.89. The maximum atomic E-state index is 12.2. The van der Waals surface area contributed by atoms with Gasteiger partial charge < -0.3 is 29.3 Å². The third kappa shape index (κ3) is 6.67. The number of nitrogens with zero attached hydrogens (tertiary/aromatic N) is 1. The highest BCUT2D eigenvalue weighted by Gasteiger charge is 2.44. The third-order valence-corrected chi connectivity index (χ3v) is 4.94. The van der Waals surface area contributed by atoms with Crippen LogP contribution in [0.15, 0.2) is 24.3 Å². The SMILES string of the molecule is COC[C@H](C)COCc1ccc([C@@]2(O)CCN(C(=O)OC(C)(C)C)C[C@@H]2O)cc1. The number of amides is 1. The molecule has 0 saturated carbocycles. The van der Waals surface area contributed by atoms with Crippen LogP contribution >= 0.6 is 0 Å². The fraction of sp³-hybridized carbons (Fsp3) is 0.682. The number of methoxy groups -OCH3 is 1. The molecule has 1 aliphatic rings. The number of aliphatic hydroxyl groups excluding tert-OH is 1. The van der Waals surface area contributed by atoms with Crippen LogP contribution in [-0.2, 0) is 26.4 Å². The Balaban J connectivity index is 1.93. The second-order valence-corrected chi connectivity index (χ2v) is 8.89. The molecule has 2 N–H and O–H groups in total. The lowest BCUT2D eigenvalue weighted by Gasteiger charge is -2.42. The predicted octanol–water partition coefficient (Wildman–Crippen LogP) is 2.68. The van der Waals surface area contributed by atoms with Crippen LogP contribution in [0.1, 0.15) is 45.2 Å². The van der Waals surface area contributed by atoms with E-state index in [1.165, 1.54) is 4.90 Å². The van der Waals surface area contributed by atoms with E-state index in [1.54, 1.807) is 27.9 Å². The van der Waals surface area contributed by atoms with Crippen molar-refractivity contribution in [3.05, 3.63) is 35.4 Å². The number of carbonyl (C=O) groups is 1. The lowest BCUT2D eigenvalue weighted by atomic mass is 9.82. The fourth-order valence-electron chi connectivity index (χ4n) is 3.35. The number of hydrogen-bond donors (Lipinski definition) is 2. The summed E-state index contributed by atoms with van der Waals surface area (Å²) in [5.41, 5.74) is -0.382. The molecule has 1 heterocycles. The molecule has 1 fully saturated rings. The van der Waals surface area contributed by atoms with Gasteiger partial charge in [0.05, 0.1) is 26.4 Å². The molecule has 0 bridgehead atoms. The molecule has 164 valence electrons. The second kappa shape index (κ2) is 9.89. The molecule has 2 rings (SSSR count). The van der Waals surface area contributed by atoms with E-state index in [0.29, 0.717) is 37.8 Å². The predicted molar refractivity (Wildman–Crippen MR) is 109 cm³/mol. The Hall–Kier alpha value is -1.67. The van der Waals surface area contributed by atoms with Crippen LogP contribution in [0.25, 0.3) is 0 Å². The summed E-state index contributed by atoms with van der Waals surface area (Å²) in [6.45, 7) is 9.53. The Morgan fingerprint density at radius 3 is 2.48 bits per heavy atom. The van der Waals surface area contributed by atoms with E-state index in [-0.39, 0.29) is 13.0 Å². The molecule has 0 radical (unpaired) electrons. The smallest absolute Gasteiger partial charge is 0.410 e. The molecule has 1 aliphatic heterocycles. The molecule has 1 saturated heterocycles. The molecule has 0 unspecified atom stereocenters. The van der Waals surface area contributed by atoms with Crippen molar-refractivity contribution >= 4 is 6.09 Å². The van der Waals surface area contributed by atoms with Crippen molar-refractivity contribution in [2.75, 3.05) is 33.4 Å². The minimum atomic E-state index is -1.40. The number of benzene rings is 1. The first kappa shape index (κ1) is 23.6. The number of piperidine rings is 1. The largest absolute Gasteiger partial charge is 0.444 e. The van der Waals surface area contributed by atoms with Crippen LogP contribution in [-0.4, -0.2) is 66.3 Å². The Morgan fingerprint density at radius 1 is 1.28 bits per heavy atom. The fourth-order valence-corrected chi connectivity index (χ4v) is 3.35. The van der Waals surface area contributed by atoms with Gasteiger partial charge in [-0.15, -0.1) is 0 Å². The van der Waals surface area contributed by atoms with E-state index in [0.717, 1.165) is 5.56 Å². The van der Waals surface area contributed by atoms with Crippen molar-refractivity contribution in [3.8, 4) is 0 Å². The van der Waals surface area contributed by atoms with Gasteiger partial charge in [-0.25, -0.2) is 4.79 Å². The highest BCUT2D eigenvalue weighted by molar-refractivity contribution is 5.68. The monoisotopic (exact) mass is 409 g/mol. The van der Waals surface area contributed by atoms with E-state index in [1.807, 2.05) is 24.3 Å². The van der Waals surface area contributed by atoms with Gasteiger partial charge in [0, 0.05) is 26.0 Å². The lowest BCUT2D eigenvalue weighted by molar-refractivity contribution is -0.123. The van der Waals surface area contributed by atoms with Gasteiger partial charge in [0.25, 0.3) is 0 Å². The molecule has 0 aromatic heterocycles. The number of aliphatic hydroxyl groups is 2. The van der Waals surface area contributed by atoms with Crippen molar-refractivity contribution in [2.45, 2.75) is 58.0 Å². The number of hydrogen-bond acceptors (Lipinski definition) is 6. The molecule has 7 nitrogen and oxygen atoms in total. The van der Waals surface area contributed by atoms with Crippen molar-refractivity contribution < 1.29 is 29.2 Å². The van der Waals surface area contributed by atoms with E-state index in [9.17, 15) is 15.0 Å². The van der Waals surface area contributed by atoms with Gasteiger partial charge in [0.15, 0.2) is 0 Å². The quantitative estimate of drug-likeness (QED) is 0.720. The van der Waals surface area contributed by atoms with Crippen LogP contribution in [0.3, 0.4) is 0 Å². The van der Waals surface area contributed by atoms with E-state index >= 15 is 0 Å². The Kier molecular flexibility index (Phi) is 8.05. The molecular formula is C22H35NO6. The Morgan fingerprint density at radius 2 is 1.93 bits per heavy atom. The average Bonchev–Trinajstić information content (AvgIpc) is 2.63. The van der Waals surface area contributed by atoms with Gasteiger partial charge in [-0.2, -0.15) is 0 Å². The summed E-state index contributed by atoms with van der Waals surface area (Å²) >= 11 is 0. The van der Waals surface area contributed by atoms with Crippen molar-refractivity contribution in [3.63, 3.8) is 0 Å². The van der Waals surface area contributed by atoms with Gasteiger partial charge in [-0.3, -0.25) is 0 Å². The molecule has 3 atom stereocenters. The van der Waals surface area contributed by atoms with Crippen LogP contribution in [0.4, 0.5) is 4.79 Å². The number of rotatable bonds is 7. The summed E-state index contributed by atoms with van der Waals surface area (Å²) < 4.78 is 16.1. The topological polar surface area (TPSA) is 88.5 Å². The van der Waals surface area contributed by atoms with Gasteiger partial charge in [0.2, 0.25) is 0 Å². The Bertz CT molecular complexity index is 656. The summed E-state index contributed by atoms with van der Waals surface area (Å²) in [4.78, 5) is 13.7. The minimum Gasteiger partial charge on any atom is -0.444 e. The van der Waals surface area contributed by atoms with Crippen LogP contribution < -0.4 is 0 Å². The van der Waals surface area contributed by atoms with Gasteiger partial charge in [0.1, 0.15) is 17.3 Å². The van der Waals surface area contributed by atoms with Crippen LogP contribution in [0, 0.1) is 5.92 Å². The normalized spacial score (nSPS) is 23.7. The van der Waals surface area contributed by atoms with Gasteiger partial charge >= 0.3 is 6.09 Å². The highest BCUT2D eigenvalue weighted by atomic mass is 16.6. The van der Waals surface area contributed by atoms with Crippen LogP contribution in [0.5, 0.6) is 0 Å².